The average Bonchev–Trinajstić information content (AvgIpc) is 2.86. The zero-order valence-electron chi connectivity index (χ0n) is 10.2. The molecule has 0 aromatic carbocycles. The minimum atomic E-state index is -4.64. The van der Waals surface area contributed by atoms with E-state index in [0.717, 1.165) is 6.07 Å². The molecule has 0 saturated carbocycles. The number of anilines is 1. The van der Waals surface area contributed by atoms with Crippen LogP contribution in [0.25, 0.3) is 0 Å². The molecule has 0 amide bonds. The van der Waals surface area contributed by atoms with Crippen molar-refractivity contribution in [3.8, 4) is 6.07 Å². The van der Waals surface area contributed by atoms with E-state index in [1.807, 2.05) is 0 Å². The van der Waals surface area contributed by atoms with Crippen molar-refractivity contribution < 1.29 is 23.1 Å². The topological polar surface area (TPSA) is 77.2 Å². The van der Waals surface area contributed by atoms with Crippen LogP contribution in [0, 0.1) is 11.3 Å². The summed E-state index contributed by atoms with van der Waals surface area (Å²) in [6, 6.07) is 2.53. The Kier molecular flexibility index (Phi) is 3.53. The van der Waals surface area contributed by atoms with Gasteiger partial charge in [-0.25, -0.2) is 9.78 Å². The fourth-order valence-corrected chi connectivity index (χ4v) is 2.19. The van der Waals surface area contributed by atoms with Gasteiger partial charge in [-0.15, -0.1) is 0 Å². The number of carbonyl (C=O) groups is 1. The van der Waals surface area contributed by atoms with Crippen LogP contribution in [-0.4, -0.2) is 28.6 Å². The van der Waals surface area contributed by atoms with E-state index in [4.69, 9.17) is 10.4 Å². The largest absolute Gasteiger partial charge is 0.480 e. The van der Waals surface area contributed by atoms with Gasteiger partial charge in [-0.05, 0) is 25.0 Å². The third-order valence-electron chi connectivity index (χ3n) is 3.10. The molecule has 1 aromatic heterocycles. The van der Waals surface area contributed by atoms with Crippen LogP contribution in [0.1, 0.15) is 24.1 Å². The summed E-state index contributed by atoms with van der Waals surface area (Å²) in [5, 5.41) is 18.0. The maximum atomic E-state index is 12.7. The molecule has 0 radical (unpaired) electrons. The van der Waals surface area contributed by atoms with Crippen molar-refractivity contribution in [3.63, 3.8) is 0 Å². The first-order valence-electron chi connectivity index (χ1n) is 5.82. The standard InChI is InChI=1S/C12H10F3N3O2/c13-12(14,15)9-4-3-7(6-16)10(17-9)18-5-1-2-8(18)11(19)20/h3-4,8H,1-2,5H2,(H,19,20)/t8-/m0/s1. The normalized spacial score (nSPS) is 18.9. The lowest BCUT2D eigenvalue weighted by atomic mass is 10.2. The molecular formula is C12H10F3N3O2. The zero-order valence-corrected chi connectivity index (χ0v) is 10.2. The Bertz CT molecular complexity index is 580. The first kappa shape index (κ1) is 14.1. The number of pyridine rings is 1. The number of carboxylic acid groups (broad SMARTS) is 1. The Hall–Kier alpha value is -2.30. The average molecular weight is 285 g/mol. The second kappa shape index (κ2) is 5.00. The second-order valence-corrected chi connectivity index (χ2v) is 4.37. The molecule has 1 atom stereocenters. The molecule has 106 valence electrons. The van der Waals surface area contributed by atoms with Crippen LogP contribution in [0.2, 0.25) is 0 Å². The number of nitriles is 1. The van der Waals surface area contributed by atoms with Crippen LogP contribution >= 0.6 is 0 Å². The fourth-order valence-electron chi connectivity index (χ4n) is 2.19. The quantitative estimate of drug-likeness (QED) is 0.899. The Morgan fingerprint density at radius 3 is 2.75 bits per heavy atom. The van der Waals surface area contributed by atoms with E-state index in [1.54, 1.807) is 6.07 Å². The van der Waals surface area contributed by atoms with E-state index in [2.05, 4.69) is 4.98 Å². The van der Waals surface area contributed by atoms with Gasteiger partial charge < -0.3 is 10.0 Å². The minimum Gasteiger partial charge on any atom is -0.480 e. The lowest BCUT2D eigenvalue weighted by Gasteiger charge is -2.24. The van der Waals surface area contributed by atoms with Gasteiger partial charge >= 0.3 is 12.1 Å². The van der Waals surface area contributed by atoms with Gasteiger partial charge in [0.25, 0.3) is 0 Å². The van der Waals surface area contributed by atoms with Gasteiger partial charge in [0.05, 0.1) is 5.56 Å². The summed E-state index contributed by atoms with van der Waals surface area (Å²) in [6.07, 6.45) is -3.79. The molecule has 1 aliphatic rings. The zero-order chi connectivity index (χ0) is 14.9. The molecule has 0 aliphatic carbocycles. The summed E-state index contributed by atoms with van der Waals surface area (Å²) in [4.78, 5) is 15.8. The Balaban J connectivity index is 2.49. The molecule has 1 N–H and O–H groups in total. The van der Waals surface area contributed by atoms with E-state index in [1.165, 1.54) is 4.90 Å². The number of aromatic nitrogens is 1. The molecule has 0 unspecified atom stereocenters. The van der Waals surface area contributed by atoms with E-state index >= 15 is 0 Å². The first-order chi connectivity index (χ1) is 9.34. The summed E-state index contributed by atoms with van der Waals surface area (Å²) >= 11 is 0. The smallest absolute Gasteiger partial charge is 0.433 e. The fraction of sp³-hybridized carbons (Fsp3) is 0.417. The number of aliphatic carboxylic acids is 1. The van der Waals surface area contributed by atoms with Crippen molar-refractivity contribution in [1.29, 1.82) is 5.26 Å². The van der Waals surface area contributed by atoms with Gasteiger partial charge in [0.1, 0.15) is 23.6 Å². The summed E-state index contributed by atoms with van der Waals surface area (Å²) in [6.45, 7) is 0.264. The predicted molar refractivity (Wildman–Crippen MR) is 62.0 cm³/mol. The van der Waals surface area contributed by atoms with Crippen molar-refractivity contribution >= 4 is 11.8 Å². The number of alkyl halides is 3. The molecule has 2 heterocycles. The van der Waals surface area contributed by atoms with Crippen LogP contribution in [0.4, 0.5) is 19.0 Å². The number of hydrogen-bond donors (Lipinski definition) is 1. The lowest BCUT2D eigenvalue weighted by Crippen LogP contribution is -2.37. The number of carboxylic acids is 1. The van der Waals surface area contributed by atoms with Crippen LogP contribution in [-0.2, 0) is 11.0 Å². The summed E-state index contributed by atoms with van der Waals surface area (Å²) in [5.74, 6) is -1.35. The molecule has 8 heteroatoms. The van der Waals surface area contributed by atoms with E-state index < -0.39 is 23.9 Å². The van der Waals surface area contributed by atoms with Crippen molar-refractivity contribution in [1.82, 2.24) is 4.98 Å². The SMILES string of the molecule is N#Cc1ccc(C(F)(F)F)nc1N1CCC[C@H]1C(=O)O. The highest BCUT2D eigenvalue weighted by Gasteiger charge is 2.37. The van der Waals surface area contributed by atoms with Crippen molar-refractivity contribution in [2.24, 2.45) is 0 Å². The van der Waals surface area contributed by atoms with Gasteiger partial charge in [-0.2, -0.15) is 18.4 Å². The van der Waals surface area contributed by atoms with E-state index in [-0.39, 0.29) is 17.9 Å². The van der Waals surface area contributed by atoms with Crippen LogP contribution in [0.15, 0.2) is 12.1 Å². The molecule has 1 aliphatic heterocycles. The molecular weight excluding hydrogens is 275 g/mol. The summed E-state index contributed by atoms with van der Waals surface area (Å²) in [7, 11) is 0. The van der Waals surface area contributed by atoms with E-state index in [9.17, 15) is 18.0 Å². The molecule has 0 bridgehead atoms. The van der Waals surface area contributed by atoms with Crippen LogP contribution in [0.5, 0.6) is 0 Å². The molecule has 20 heavy (non-hydrogen) atoms. The van der Waals surface area contributed by atoms with Gasteiger partial charge in [0.2, 0.25) is 0 Å². The summed E-state index contributed by atoms with van der Waals surface area (Å²) < 4.78 is 38.0. The number of rotatable bonds is 2. The second-order valence-electron chi connectivity index (χ2n) is 4.37. The highest BCUT2D eigenvalue weighted by molar-refractivity contribution is 5.79. The number of halogens is 3. The third kappa shape index (κ3) is 2.52. The van der Waals surface area contributed by atoms with Crippen molar-refractivity contribution in [2.75, 3.05) is 11.4 Å². The monoisotopic (exact) mass is 285 g/mol. The first-order valence-corrected chi connectivity index (χ1v) is 5.82. The van der Waals surface area contributed by atoms with Gasteiger partial charge in [-0.1, -0.05) is 0 Å². The Morgan fingerprint density at radius 2 is 2.20 bits per heavy atom. The molecule has 0 spiro atoms. The highest BCUT2D eigenvalue weighted by atomic mass is 19.4. The molecule has 1 saturated heterocycles. The molecule has 2 rings (SSSR count). The minimum absolute atomic E-state index is 0.0637. The van der Waals surface area contributed by atoms with E-state index in [0.29, 0.717) is 18.9 Å². The maximum absolute atomic E-state index is 12.7. The van der Waals surface area contributed by atoms with Crippen LogP contribution < -0.4 is 4.90 Å². The number of hydrogen-bond acceptors (Lipinski definition) is 4. The van der Waals surface area contributed by atoms with Crippen molar-refractivity contribution in [2.45, 2.75) is 25.1 Å². The Morgan fingerprint density at radius 1 is 1.50 bits per heavy atom. The third-order valence-corrected chi connectivity index (χ3v) is 3.10. The van der Waals surface area contributed by atoms with Crippen LogP contribution in [0.3, 0.4) is 0 Å². The predicted octanol–water partition coefficient (Wildman–Crippen LogP) is 2.03. The van der Waals surface area contributed by atoms with Crippen molar-refractivity contribution in [3.05, 3.63) is 23.4 Å². The molecule has 1 fully saturated rings. The highest BCUT2D eigenvalue weighted by Crippen LogP contribution is 2.32. The lowest BCUT2D eigenvalue weighted by molar-refractivity contribution is -0.141. The van der Waals surface area contributed by atoms with Gasteiger partial charge in [-0.3, -0.25) is 0 Å². The maximum Gasteiger partial charge on any atom is 0.433 e. The summed E-state index contributed by atoms with van der Waals surface area (Å²) in [5.41, 5.74) is -1.20. The number of nitrogens with zero attached hydrogens (tertiary/aromatic N) is 3. The molecule has 1 aromatic rings. The van der Waals surface area contributed by atoms with Gasteiger partial charge in [0, 0.05) is 6.54 Å². The molecule has 5 nitrogen and oxygen atoms in total. The van der Waals surface area contributed by atoms with Gasteiger partial charge in [0.15, 0.2) is 0 Å². The Labute approximate surface area is 112 Å².